The summed E-state index contributed by atoms with van der Waals surface area (Å²) in [5, 5.41) is 4.21. The van der Waals surface area contributed by atoms with E-state index in [4.69, 9.17) is 4.74 Å². The Bertz CT molecular complexity index is 887. The summed E-state index contributed by atoms with van der Waals surface area (Å²) in [5.41, 5.74) is 1.63. The van der Waals surface area contributed by atoms with E-state index >= 15 is 0 Å². The van der Waals surface area contributed by atoms with Crippen LogP contribution in [0.4, 0.5) is 9.18 Å². The zero-order chi connectivity index (χ0) is 19.7. The second-order valence-corrected chi connectivity index (χ2v) is 6.86. The predicted molar refractivity (Wildman–Crippen MR) is 95.4 cm³/mol. The Kier molecular flexibility index (Phi) is 4.81. The number of carbonyl (C=O) groups is 3. The van der Waals surface area contributed by atoms with Gasteiger partial charge in [-0.1, -0.05) is 12.1 Å². The number of benzene rings is 1. The Morgan fingerprint density at radius 2 is 1.86 bits per heavy atom. The van der Waals surface area contributed by atoms with Crippen LogP contribution in [0, 0.1) is 5.82 Å². The van der Waals surface area contributed by atoms with Crippen molar-refractivity contribution in [3.8, 4) is 11.1 Å². The average molecular weight is 386 g/mol. The fourth-order valence-corrected chi connectivity index (χ4v) is 3.57. The Labute approximate surface area is 160 Å². The maximum atomic E-state index is 13.0. The first-order chi connectivity index (χ1) is 13.5. The SMILES string of the molecule is O=C(Cn1cc(-c2ccc(F)cc2)cn1)N1CCC(N2C(=O)COC2=O)CC1. The summed E-state index contributed by atoms with van der Waals surface area (Å²) >= 11 is 0. The number of nitrogens with zero attached hydrogens (tertiary/aromatic N) is 4. The zero-order valence-electron chi connectivity index (χ0n) is 15.1. The van der Waals surface area contributed by atoms with Crippen molar-refractivity contribution >= 4 is 17.9 Å². The van der Waals surface area contributed by atoms with Crippen molar-refractivity contribution in [1.29, 1.82) is 0 Å². The average Bonchev–Trinajstić information content (AvgIpc) is 3.29. The van der Waals surface area contributed by atoms with Crippen LogP contribution in [0.5, 0.6) is 0 Å². The number of halogens is 1. The molecule has 0 spiro atoms. The Hall–Kier alpha value is -3.23. The summed E-state index contributed by atoms with van der Waals surface area (Å²) in [6.07, 6.45) is 3.85. The molecule has 1 aromatic carbocycles. The first-order valence-corrected chi connectivity index (χ1v) is 9.06. The molecule has 0 saturated carbocycles. The van der Waals surface area contributed by atoms with Crippen LogP contribution in [-0.4, -0.2) is 63.2 Å². The maximum Gasteiger partial charge on any atom is 0.417 e. The van der Waals surface area contributed by atoms with E-state index in [1.807, 2.05) is 0 Å². The molecule has 0 radical (unpaired) electrons. The molecule has 4 rings (SSSR count). The monoisotopic (exact) mass is 386 g/mol. The minimum atomic E-state index is -0.598. The highest BCUT2D eigenvalue weighted by Gasteiger charge is 2.38. The molecule has 28 heavy (non-hydrogen) atoms. The molecular formula is C19H19FN4O4. The van der Waals surface area contributed by atoms with E-state index in [0.717, 1.165) is 11.1 Å². The highest BCUT2D eigenvalue weighted by molar-refractivity contribution is 5.98. The third-order valence-corrected chi connectivity index (χ3v) is 5.07. The molecule has 2 saturated heterocycles. The summed E-state index contributed by atoms with van der Waals surface area (Å²) in [6, 6.07) is 5.86. The van der Waals surface area contributed by atoms with Crippen molar-refractivity contribution in [2.24, 2.45) is 0 Å². The number of carbonyl (C=O) groups excluding carboxylic acids is 3. The van der Waals surface area contributed by atoms with E-state index in [2.05, 4.69) is 5.10 Å². The van der Waals surface area contributed by atoms with E-state index in [1.54, 1.807) is 34.1 Å². The number of aromatic nitrogens is 2. The van der Waals surface area contributed by atoms with E-state index in [9.17, 15) is 18.8 Å². The fraction of sp³-hybridized carbons (Fsp3) is 0.368. The van der Waals surface area contributed by atoms with Crippen LogP contribution in [0.1, 0.15) is 12.8 Å². The van der Waals surface area contributed by atoms with Crippen molar-refractivity contribution in [2.75, 3.05) is 19.7 Å². The van der Waals surface area contributed by atoms with Gasteiger partial charge in [-0.25, -0.2) is 14.1 Å². The number of amides is 3. The van der Waals surface area contributed by atoms with Gasteiger partial charge in [0, 0.05) is 30.9 Å². The summed E-state index contributed by atoms with van der Waals surface area (Å²) in [4.78, 5) is 38.8. The van der Waals surface area contributed by atoms with Crippen molar-refractivity contribution in [1.82, 2.24) is 19.6 Å². The van der Waals surface area contributed by atoms with Gasteiger partial charge in [0.1, 0.15) is 12.4 Å². The van der Waals surface area contributed by atoms with Gasteiger partial charge in [-0.3, -0.25) is 14.3 Å². The fourth-order valence-electron chi connectivity index (χ4n) is 3.57. The lowest BCUT2D eigenvalue weighted by Crippen LogP contribution is -2.49. The molecule has 0 unspecified atom stereocenters. The number of cyclic esters (lactones) is 1. The second-order valence-electron chi connectivity index (χ2n) is 6.86. The first-order valence-electron chi connectivity index (χ1n) is 9.06. The largest absolute Gasteiger partial charge is 0.439 e. The van der Waals surface area contributed by atoms with Gasteiger partial charge in [-0.05, 0) is 30.5 Å². The molecule has 0 aliphatic carbocycles. The van der Waals surface area contributed by atoms with Gasteiger partial charge in [-0.2, -0.15) is 5.10 Å². The van der Waals surface area contributed by atoms with E-state index in [-0.39, 0.29) is 36.8 Å². The van der Waals surface area contributed by atoms with Crippen LogP contribution < -0.4 is 0 Å². The Balaban J connectivity index is 1.33. The number of likely N-dealkylation sites (tertiary alicyclic amines) is 1. The number of hydrogen-bond acceptors (Lipinski definition) is 5. The van der Waals surface area contributed by atoms with Gasteiger partial charge >= 0.3 is 6.09 Å². The van der Waals surface area contributed by atoms with Crippen molar-refractivity contribution in [2.45, 2.75) is 25.4 Å². The molecule has 0 N–H and O–H groups in total. The molecule has 1 aromatic heterocycles. The predicted octanol–water partition coefficient (Wildman–Crippen LogP) is 1.66. The van der Waals surface area contributed by atoms with Crippen molar-refractivity contribution < 1.29 is 23.5 Å². The third kappa shape index (κ3) is 3.60. The smallest absolute Gasteiger partial charge is 0.417 e. The van der Waals surface area contributed by atoms with Crippen molar-refractivity contribution in [3.05, 3.63) is 42.5 Å². The van der Waals surface area contributed by atoms with Gasteiger partial charge in [0.2, 0.25) is 5.91 Å². The van der Waals surface area contributed by atoms with Gasteiger partial charge < -0.3 is 9.64 Å². The number of hydrogen-bond donors (Lipinski definition) is 0. The second kappa shape index (κ2) is 7.41. The maximum absolute atomic E-state index is 13.0. The quantitative estimate of drug-likeness (QED) is 0.798. The topological polar surface area (TPSA) is 84.7 Å². The minimum absolute atomic E-state index is 0.0810. The molecule has 9 heteroatoms. The number of piperidine rings is 1. The van der Waals surface area contributed by atoms with Crippen LogP contribution >= 0.6 is 0 Å². The minimum Gasteiger partial charge on any atom is -0.439 e. The van der Waals surface area contributed by atoms with Gasteiger partial charge in [0.15, 0.2) is 6.61 Å². The van der Waals surface area contributed by atoms with E-state index in [0.29, 0.717) is 25.9 Å². The standard InChI is InChI=1S/C19H19FN4O4/c20-15-3-1-13(2-4-15)14-9-21-23(10-14)11-17(25)22-7-5-16(6-8-22)24-18(26)12-28-19(24)27/h1-4,9-10,16H,5-8,11-12H2. The molecule has 0 bridgehead atoms. The molecule has 2 fully saturated rings. The molecule has 3 amide bonds. The van der Waals surface area contributed by atoms with E-state index in [1.165, 1.54) is 17.0 Å². The highest BCUT2D eigenvalue weighted by Crippen LogP contribution is 2.22. The van der Waals surface area contributed by atoms with Gasteiger partial charge in [0.05, 0.1) is 6.20 Å². The summed E-state index contributed by atoms with van der Waals surface area (Å²) in [5.74, 6) is -0.708. The molecule has 0 atom stereocenters. The lowest BCUT2D eigenvalue weighted by atomic mass is 10.0. The summed E-state index contributed by atoms with van der Waals surface area (Å²) in [6.45, 7) is 0.823. The molecule has 2 aromatic rings. The molecule has 2 aliphatic rings. The number of imide groups is 1. The van der Waals surface area contributed by atoms with E-state index < -0.39 is 6.09 Å². The van der Waals surface area contributed by atoms with Crippen LogP contribution in [0.25, 0.3) is 11.1 Å². The number of rotatable bonds is 4. The van der Waals surface area contributed by atoms with Crippen LogP contribution in [-0.2, 0) is 20.9 Å². The zero-order valence-corrected chi connectivity index (χ0v) is 15.1. The van der Waals surface area contributed by atoms with Gasteiger partial charge in [-0.15, -0.1) is 0 Å². The lowest BCUT2D eigenvalue weighted by Gasteiger charge is -2.34. The van der Waals surface area contributed by atoms with Gasteiger partial charge in [0.25, 0.3) is 5.91 Å². The van der Waals surface area contributed by atoms with Crippen molar-refractivity contribution in [3.63, 3.8) is 0 Å². The molecule has 8 nitrogen and oxygen atoms in total. The first kappa shape index (κ1) is 18.1. The van der Waals surface area contributed by atoms with Crippen LogP contribution in [0.2, 0.25) is 0 Å². The van der Waals surface area contributed by atoms with Crippen LogP contribution in [0.15, 0.2) is 36.7 Å². The highest BCUT2D eigenvalue weighted by atomic mass is 19.1. The summed E-state index contributed by atoms with van der Waals surface area (Å²) in [7, 11) is 0. The Morgan fingerprint density at radius 1 is 1.14 bits per heavy atom. The molecule has 2 aliphatic heterocycles. The molecule has 146 valence electrons. The number of ether oxygens (including phenoxy) is 1. The summed E-state index contributed by atoms with van der Waals surface area (Å²) < 4.78 is 19.3. The normalized spacial score (nSPS) is 17.9. The Morgan fingerprint density at radius 3 is 2.50 bits per heavy atom. The third-order valence-electron chi connectivity index (χ3n) is 5.07. The van der Waals surface area contributed by atoms with Crippen LogP contribution in [0.3, 0.4) is 0 Å². The molecule has 3 heterocycles. The lowest BCUT2D eigenvalue weighted by molar-refractivity contribution is -0.134. The molecular weight excluding hydrogens is 367 g/mol.